The first-order chi connectivity index (χ1) is 9.13. The van der Waals surface area contributed by atoms with Gasteiger partial charge in [0.1, 0.15) is 5.82 Å². The molecular formula is C13H21N3O2S. The molecule has 0 spiro atoms. The van der Waals surface area contributed by atoms with Gasteiger partial charge in [0.05, 0.1) is 5.75 Å². The lowest BCUT2D eigenvalue weighted by Crippen LogP contribution is -2.23. The molecule has 6 heteroatoms. The third-order valence-electron chi connectivity index (χ3n) is 3.77. The van der Waals surface area contributed by atoms with E-state index in [1.54, 1.807) is 0 Å². The number of aliphatic carboxylic acids is 1. The molecule has 1 aliphatic carbocycles. The number of carbonyl (C=O) groups is 1. The lowest BCUT2D eigenvalue weighted by atomic mass is 9.85. The third kappa shape index (κ3) is 3.29. The van der Waals surface area contributed by atoms with Crippen LogP contribution in [0.25, 0.3) is 0 Å². The minimum atomic E-state index is -0.811. The Kier molecular flexibility index (Phi) is 4.85. The molecule has 5 nitrogen and oxygen atoms in total. The second kappa shape index (κ2) is 6.41. The van der Waals surface area contributed by atoms with E-state index in [0.29, 0.717) is 12.0 Å². The molecule has 1 saturated carbocycles. The van der Waals surface area contributed by atoms with Crippen molar-refractivity contribution in [3.8, 4) is 0 Å². The molecule has 2 atom stereocenters. The van der Waals surface area contributed by atoms with Crippen LogP contribution in [0.4, 0.5) is 0 Å². The quantitative estimate of drug-likeness (QED) is 0.842. The van der Waals surface area contributed by atoms with Gasteiger partial charge < -0.3 is 9.67 Å². The van der Waals surface area contributed by atoms with Gasteiger partial charge in [0.2, 0.25) is 0 Å². The van der Waals surface area contributed by atoms with Gasteiger partial charge in [-0.1, -0.05) is 38.5 Å². The number of aryl methyl sites for hydroxylation is 1. The number of hydrogen-bond donors (Lipinski definition) is 1. The summed E-state index contributed by atoms with van der Waals surface area (Å²) in [6.07, 6.45) is 5.74. The monoisotopic (exact) mass is 283 g/mol. The van der Waals surface area contributed by atoms with Crippen LogP contribution < -0.4 is 0 Å². The van der Waals surface area contributed by atoms with E-state index in [9.17, 15) is 4.79 Å². The van der Waals surface area contributed by atoms with Crippen LogP contribution in [0.1, 0.15) is 51.4 Å². The number of hydrogen-bond acceptors (Lipinski definition) is 4. The fraction of sp³-hybridized carbons (Fsp3) is 0.769. The Morgan fingerprint density at radius 2 is 2.16 bits per heavy atom. The van der Waals surface area contributed by atoms with Crippen LogP contribution >= 0.6 is 11.8 Å². The van der Waals surface area contributed by atoms with Gasteiger partial charge in [-0.25, -0.2) is 0 Å². The van der Waals surface area contributed by atoms with Crippen LogP contribution in [0.5, 0.6) is 0 Å². The van der Waals surface area contributed by atoms with Gasteiger partial charge in [-0.3, -0.25) is 4.79 Å². The number of carboxylic acid groups (broad SMARTS) is 1. The molecular weight excluding hydrogens is 262 g/mol. The summed E-state index contributed by atoms with van der Waals surface area (Å²) in [7, 11) is 0. The van der Waals surface area contributed by atoms with E-state index in [-0.39, 0.29) is 5.75 Å². The highest BCUT2D eigenvalue weighted by Gasteiger charge is 2.27. The van der Waals surface area contributed by atoms with E-state index < -0.39 is 5.97 Å². The number of thioether (sulfide) groups is 1. The molecule has 1 aliphatic rings. The maximum atomic E-state index is 10.7. The lowest BCUT2D eigenvalue weighted by Gasteiger charge is -2.31. The van der Waals surface area contributed by atoms with Gasteiger partial charge in [-0.15, -0.1) is 10.2 Å². The Balaban J connectivity index is 2.24. The Hall–Kier alpha value is -1.04. The van der Waals surface area contributed by atoms with Gasteiger partial charge in [-0.2, -0.15) is 0 Å². The predicted molar refractivity (Wildman–Crippen MR) is 74.4 cm³/mol. The van der Waals surface area contributed by atoms with Crippen molar-refractivity contribution in [2.75, 3.05) is 5.75 Å². The Morgan fingerprint density at radius 1 is 1.42 bits per heavy atom. The van der Waals surface area contributed by atoms with Gasteiger partial charge >= 0.3 is 5.97 Å². The zero-order chi connectivity index (χ0) is 13.8. The first kappa shape index (κ1) is 14.4. The van der Waals surface area contributed by atoms with Crippen LogP contribution in [-0.2, 0) is 11.2 Å². The third-order valence-corrected chi connectivity index (χ3v) is 4.70. The van der Waals surface area contributed by atoms with E-state index in [1.807, 2.05) is 0 Å². The SMILES string of the molecule is CCc1nnc(SCC(=O)O)n1C1CCCCC1C. The topological polar surface area (TPSA) is 68.0 Å². The molecule has 2 unspecified atom stereocenters. The van der Waals surface area contributed by atoms with Crippen LogP contribution in [0.3, 0.4) is 0 Å². The standard InChI is InChI=1S/C13H21N3O2S/c1-3-11-14-15-13(19-8-12(17)18)16(11)10-7-5-4-6-9(10)2/h9-10H,3-8H2,1-2H3,(H,17,18). The number of nitrogens with zero attached hydrogens (tertiary/aromatic N) is 3. The highest BCUT2D eigenvalue weighted by Crippen LogP contribution is 2.36. The summed E-state index contributed by atoms with van der Waals surface area (Å²) >= 11 is 1.28. The minimum Gasteiger partial charge on any atom is -0.481 e. The molecule has 1 heterocycles. The Bertz CT molecular complexity index is 447. The van der Waals surface area contributed by atoms with Gasteiger partial charge in [0, 0.05) is 12.5 Å². The number of aromatic nitrogens is 3. The van der Waals surface area contributed by atoms with Crippen LogP contribution in [-0.4, -0.2) is 31.6 Å². The fourth-order valence-corrected chi connectivity index (χ4v) is 3.52. The van der Waals surface area contributed by atoms with Crippen LogP contribution in [0.15, 0.2) is 5.16 Å². The second-order valence-electron chi connectivity index (χ2n) is 5.13. The molecule has 106 valence electrons. The summed E-state index contributed by atoms with van der Waals surface area (Å²) in [6.45, 7) is 4.34. The van der Waals surface area contributed by atoms with Crippen LogP contribution in [0, 0.1) is 5.92 Å². The summed E-state index contributed by atoms with van der Waals surface area (Å²) in [5.41, 5.74) is 0. The van der Waals surface area contributed by atoms with Crippen molar-refractivity contribution in [1.82, 2.24) is 14.8 Å². The van der Waals surface area contributed by atoms with Crippen molar-refractivity contribution in [2.45, 2.75) is 57.1 Å². The first-order valence-corrected chi connectivity index (χ1v) is 7.90. The highest BCUT2D eigenvalue weighted by molar-refractivity contribution is 7.99. The first-order valence-electron chi connectivity index (χ1n) is 6.91. The minimum absolute atomic E-state index is 0.0446. The molecule has 0 saturated heterocycles. The summed E-state index contributed by atoms with van der Waals surface area (Å²) in [6, 6.07) is 0.426. The molecule has 1 aromatic rings. The average Bonchev–Trinajstić information content (AvgIpc) is 2.79. The van der Waals surface area contributed by atoms with Crippen molar-refractivity contribution in [3.05, 3.63) is 5.82 Å². The lowest BCUT2D eigenvalue weighted by molar-refractivity contribution is -0.133. The molecule has 0 amide bonds. The average molecular weight is 283 g/mol. The molecule has 2 rings (SSSR count). The summed E-state index contributed by atoms with van der Waals surface area (Å²) in [5, 5.41) is 18.0. The largest absolute Gasteiger partial charge is 0.481 e. The van der Waals surface area contributed by atoms with Gasteiger partial charge in [0.15, 0.2) is 5.16 Å². The summed E-state index contributed by atoms with van der Waals surface area (Å²) in [5.74, 6) is 0.823. The van der Waals surface area contributed by atoms with Crippen molar-refractivity contribution in [2.24, 2.45) is 5.92 Å². The summed E-state index contributed by atoms with van der Waals surface area (Å²) in [4.78, 5) is 10.7. The molecule has 19 heavy (non-hydrogen) atoms. The van der Waals surface area contributed by atoms with Crippen molar-refractivity contribution in [3.63, 3.8) is 0 Å². The van der Waals surface area contributed by atoms with Crippen molar-refractivity contribution < 1.29 is 9.90 Å². The molecule has 0 aromatic carbocycles. The Labute approximate surface area is 117 Å². The van der Waals surface area contributed by atoms with E-state index in [0.717, 1.165) is 23.8 Å². The number of rotatable bonds is 5. The second-order valence-corrected chi connectivity index (χ2v) is 6.08. The maximum absolute atomic E-state index is 10.7. The fourth-order valence-electron chi connectivity index (χ4n) is 2.79. The van der Waals surface area contributed by atoms with Gasteiger partial charge in [-0.05, 0) is 18.8 Å². The van der Waals surface area contributed by atoms with Gasteiger partial charge in [0.25, 0.3) is 0 Å². The molecule has 1 aromatic heterocycles. The molecule has 1 fully saturated rings. The molecule has 0 bridgehead atoms. The van der Waals surface area contributed by atoms with E-state index in [4.69, 9.17) is 5.11 Å². The molecule has 0 aliphatic heterocycles. The van der Waals surface area contributed by atoms with Crippen LogP contribution in [0.2, 0.25) is 0 Å². The molecule has 1 N–H and O–H groups in total. The maximum Gasteiger partial charge on any atom is 0.313 e. The zero-order valence-electron chi connectivity index (χ0n) is 11.5. The smallest absolute Gasteiger partial charge is 0.313 e. The van der Waals surface area contributed by atoms with E-state index >= 15 is 0 Å². The van der Waals surface area contributed by atoms with E-state index in [1.165, 1.54) is 31.0 Å². The predicted octanol–water partition coefficient (Wildman–Crippen LogP) is 2.77. The Morgan fingerprint density at radius 3 is 2.79 bits per heavy atom. The normalized spacial score (nSPS) is 23.5. The van der Waals surface area contributed by atoms with Crippen molar-refractivity contribution >= 4 is 17.7 Å². The van der Waals surface area contributed by atoms with Crippen molar-refractivity contribution in [1.29, 1.82) is 0 Å². The highest BCUT2D eigenvalue weighted by atomic mass is 32.2. The van der Waals surface area contributed by atoms with E-state index in [2.05, 4.69) is 28.6 Å². The molecule has 0 radical (unpaired) electrons. The summed E-state index contributed by atoms with van der Waals surface area (Å²) < 4.78 is 2.19. The number of carboxylic acids is 1. The zero-order valence-corrected chi connectivity index (χ0v) is 12.3.